The summed E-state index contributed by atoms with van der Waals surface area (Å²) in [6.07, 6.45) is 0. The van der Waals surface area contributed by atoms with Crippen LogP contribution in [0.5, 0.6) is 0 Å². The normalized spacial score (nSPS) is 20.4. The minimum atomic E-state index is 0. The summed E-state index contributed by atoms with van der Waals surface area (Å²) in [4.78, 5) is 14.8. The third-order valence-electron chi connectivity index (χ3n) is 2.47. The molecule has 0 radical (unpaired) electrons. The lowest BCUT2D eigenvalue weighted by atomic mass is 10.2. The number of carbonyl (C=O) groups excluding carboxylic acids is 1. The molecule has 1 aliphatic heterocycles. The molecule has 2 heterocycles. The van der Waals surface area contributed by atoms with Gasteiger partial charge in [-0.3, -0.25) is 4.79 Å². The number of rotatable bonds is 1. The molecule has 1 saturated heterocycles. The van der Waals surface area contributed by atoms with E-state index < -0.39 is 0 Å². The van der Waals surface area contributed by atoms with Crippen LogP contribution in [0.3, 0.4) is 0 Å². The molecular formula is C10H14BrClN2OS. The van der Waals surface area contributed by atoms with E-state index in [4.69, 9.17) is 0 Å². The number of halogens is 2. The smallest absolute Gasteiger partial charge is 0.265 e. The van der Waals surface area contributed by atoms with Crippen LogP contribution < -0.4 is 5.32 Å². The van der Waals surface area contributed by atoms with Crippen molar-refractivity contribution in [2.24, 2.45) is 0 Å². The molecule has 0 spiro atoms. The monoisotopic (exact) mass is 324 g/mol. The van der Waals surface area contributed by atoms with Gasteiger partial charge in [-0.1, -0.05) is 0 Å². The van der Waals surface area contributed by atoms with Crippen LogP contribution >= 0.6 is 39.7 Å². The van der Waals surface area contributed by atoms with E-state index in [9.17, 15) is 4.79 Å². The van der Waals surface area contributed by atoms with E-state index in [0.717, 1.165) is 29.0 Å². The van der Waals surface area contributed by atoms with Crippen molar-refractivity contribution < 1.29 is 4.79 Å². The molecule has 1 aromatic heterocycles. The van der Waals surface area contributed by atoms with E-state index in [1.54, 1.807) is 0 Å². The Balaban J connectivity index is 0.00000128. The third-order valence-corrected chi connectivity index (χ3v) is 4.29. The van der Waals surface area contributed by atoms with Crippen molar-refractivity contribution in [1.29, 1.82) is 0 Å². The highest BCUT2D eigenvalue weighted by Gasteiger charge is 2.23. The maximum atomic E-state index is 12.1. The van der Waals surface area contributed by atoms with Crippen LogP contribution in [0.25, 0.3) is 0 Å². The maximum absolute atomic E-state index is 12.1. The van der Waals surface area contributed by atoms with Gasteiger partial charge in [0.25, 0.3) is 5.91 Å². The molecule has 1 unspecified atom stereocenters. The number of amides is 1. The van der Waals surface area contributed by atoms with Crippen LogP contribution in [-0.2, 0) is 0 Å². The van der Waals surface area contributed by atoms with E-state index >= 15 is 0 Å². The summed E-state index contributed by atoms with van der Waals surface area (Å²) in [5, 5.41) is 5.26. The van der Waals surface area contributed by atoms with Crippen LogP contribution in [0.2, 0.25) is 0 Å². The molecule has 1 atom stereocenters. The van der Waals surface area contributed by atoms with E-state index in [-0.39, 0.29) is 18.3 Å². The molecule has 90 valence electrons. The van der Waals surface area contributed by atoms with E-state index in [1.165, 1.54) is 11.3 Å². The molecule has 2 rings (SSSR count). The predicted molar refractivity (Wildman–Crippen MR) is 72.6 cm³/mol. The van der Waals surface area contributed by atoms with Crippen LogP contribution in [0.15, 0.2) is 15.9 Å². The largest absolute Gasteiger partial charge is 0.335 e. The molecular weight excluding hydrogens is 312 g/mol. The van der Waals surface area contributed by atoms with Gasteiger partial charge in [0.05, 0.1) is 0 Å². The number of nitrogens with one attached hydrogen (secondary N) is 1. The van der Waals surface area contributed by atoms with Crippen molar-refractivity contribution >= 4 is 45.6 Å². The summed E-state index contributed by atoms with van der Waals surface area (Å²) in [6, 6.07) is 2.31. The molecule has 0 aromatic carbocycles. The Morgan fingerprint density at radius 2 is 2.44 bits per heavy atom. The average molecular weight is 326 g/mol. The highest BCUT2D eigenvalue weighted by atomic mass is 79.9. The molecule has 0 saturated carbocycles. The van der Waals surface area contributed by atoms with Gasteiger partial charge in [0.1, 0.15) is 4.88 Å². The topological polar surface area (TPSA) is 32.3 Å². The lowest BCUT2D eigenvalue weighted by molar-refractivity contribution is 0.0713. The van der Waals surface area contributed by atoms with E-state index in [2.05, 4.69) is 28.2 Å². The van der Waals surface area contributed by atoms with Crippen molar-refractivity contribution in [3.05, 3.63) is 20.8 Å². The van der Waals surface area contributed by atoms with Crippen LogP contribution in [0, 0.1) is 0 Å². The Hall–Kier alpha value is -0.100. The van der Waals surface area contributed by atoms with Gasteiger partial charge in [-0.05, 0) is 34.3 Å². The first-order valence-corrected chi connectivity index (χ1v) is 6.61. The summed E-state index contributed by atoms with van der Waals surface area (Å²) in [7, 11) is 0. The molecule has 0 bridgehead atoms. The van der Waals surface area contributed by atoms with Gasteiger partial charge in [0, 0.05) is 30.1 Å². The summed E-state index contributed by atoms with van der Waals surface area (Å²) in [5.74, 6) is 0.144. The zero-order valence-corrected chi connectivity index (χ0v) is 12.1. The van der Waals surface area contributed by atoms with E-state index in [1.807, 2.05) is 16.3 Å². The van der Waals surface area contributed by atoms with Crippen molar-refractivity contribution in [3.63, 3.8) is 0 Å². The third kappa shape index (κ3) is 2.97. The fourth-order valence-corrected chi connectivity index (χ4v) is 3.21. The predicted octanol–water partition coefficient (Wildman–Crippen LogP) is 2.37. The number of thiophene rings is 1. The first-order valence-electron chi connectivity index (χ1n) is 4.94. The highest BCUT2D eigenvalue weighted by molar-refractivity contribution is 9.10. The van der Waals surface area contributed by atoms with Crippen molar-refractivity contribution in [3.8, 4) is 0 Å². The molecule has 6 heteroatoms. The minimum absolute atomic E-state index is 0. The zero-order valence-electron chi connectivity index (χ0n) is 8.90. The summed E-state index contributed by atoms with van der Waals surface area (Å²) in [6.45, 7) is 4.58. The van der Waals surface area contributed by atoms with Crippen molar-refractivity contribution in [1.82, 2.24) is 10.2 Å². The van der Waals surface area contributed by atoms with Gasteiger partial charge >= 0.3 is 0 Å². The number of piperazine rings is 1. The molecule has 3 nitrogen and oxygen atoms in total. The Morgan fingerprint density at radius 3 is 3.00 bits per heavy atom. The van der Waals surface area contributed by atoms with Gasteiger partial charge in [-0.2, -0.15) is 0 Å². The average Bonchev–Trinajstić information content (AvgIpc) is 2.63. The molecule has 1 fully saturated rings. The van der Waals surface area contributed by atoms with Gasteiger partial charge in [-0.15, -0.1) is 23.7 Å². The van der Waals surface area contributed by atoms with Crippen LogP contribution in [-0.4, -0.2) is 36.5 Å². The summed E-state index contributed by atoms with van der Waals surface area (Å²) >= 11 is 4.89. The standard InChI is InChI=1S/C10H13BrN2OS.ClH/c1-7-6-13(4-3-12-7)10(14)9-8(11)2-5-15-9;/h2,5,7,12H,3-4,6H2,1H3;1H. The van der Waals surface area contributed by atoms with Crippen molar-refractivity contribution in [2.75, 3.05) is 19.6 Å². The zero-order chi connectivity index (χ0) is 10.8. The Labute approximate surface area is 114 Å². The number of hydrogen-bond acceptors (Lipinski definition) is 3. The molecule has 1 N–H and O–H groups in total. The second kappa shape index (κ2) is 6.00. The quantitative estimate of drug-likeness (QED) is 0.860. The number of nitrogens with zero attached hydrogens (tertiary/aromatic N) is 1. The van der Waals surface area contributed by atoms with Crippen molar-refractivity contribution in [2.45, 2.75) is 13.0 Å². The Kier molecular flexibility index (Phi) is 5.24. The SMILES string of the molecule is CC1CN(C(=O)c2sccc2Br)CCN1.Cl. The van der Waals surface area contributed by atoms with E-state index in [0.29, 0.717) is 6.04 Å². The second-order valence-electron chi connectivity index (χ2n) is 3.70. The number of carbonyl (C=O) groups is 1. The first-order chi connectivity index (χ1) is 7.18. The minimum Gasteiger partial charge on any atom is -0.335 e. The van der Waals surface area contributed by atoms with Gasteiger partial charge in [0.2, 0.25) is 0 Å². The fourth-order valence-electron chi connectivity index (χ4n) is 1.71. The first kappa shape index (κ1) is 14.0. The summed E-state index contributed by atoms with van der Waals surface area (Å²) in [5.41, 5.74) is 0. The summed E-state index contributed by atoms with van der Waals surface area (Å²) < 4.78 is 0.906. The molecule has 1 aliphatic rings. The Morgan fingerprint density at radius 1 is 1.69 bits per heavy atom. The molecule has 16 heavy (non-hydrogen) atoms. The molecule has 0 aliphatic carbocycles. The molecule has 1 amide bonds. The number of hydrogen-bond donors (Lipinski definition) is 1. The maximum Gasteiger partial charge on any atom is 0.265 e. The van der Waals surface area contributed by atoms with Gasteiger partial charge in [0.15, 0.2) is 0 Å². The van der Waals surface area contributed by atoms with Gasteiger partial charge in [-0.25, -0.2) is 0 Å². The second-order valence-corrected chi connectivity index (χ2v) is 5.47. The molecule has 1 aromatic rings. The lowest BCUT2D eigenvalue weighted by Gasteiger charge is -2.31. The highest BCUT2D eigenvalue weighted by Crippen LogP contribution is 2.24. The lowest BCUT2D eigenvalue weighted by Crippen LogP contribution is -2.51. The van der Waals surface area contributed by atoms with Crippen LogP contribution in [0.4, 0.5) is 0 Å². The van der Waals surface area contributed by atoms with Crippen LogP contribution in [0.1, 0.15) is 16.6 Å². The van der Waals surface area contributed by atoms with Gasteiger partial charge < -0.3 is 10.2 Å². The fraction of sp³-hybridized carbons (Fsp3) is 0.500. The Bertz CT molecular complexity index is 371.